The van der Waals surface area contributed by atoms with Gasteiger partial charge in [0.05, 0.1) is 6.61 Å². The maximum atomic E-state index is 10.9. The Labute approximate surface area is 268 Å². The molecule has 0 heterocycles. The summed E-state index contributed by atoms with van der Waals surface area (Å²) in [6.45, 7) is 4.62. The van der Waals surface area contributed by atoms with E-state index in [1.54, 1.807) is 0 Å². The quantitative estimate of drug-likeness (QED) is 0.0345. The van der Waals surface area contributed by atoms with Crippen molar-refractivity contribution in [2.24, 2.45) is 5.92 Å². The standard InChI is InChI=1S/C33H68O4S.Na/c1-3-5-7-9-11-13-15-17-19-21-23-25-27-29-31-33(32-37-38(34,35)36)30-28-26-24-22-20-18-16-14-12-10-8-6-4-2;/h33H,3-32H2,1-2H3,(H,34,35,36);/q;+1/p-1. The van der Waals surface area contributed by atoms with Gasteiger partial charge in [0.25, 0.3) is 0 Å². The Morgan fingerprint density at radius 1 is 0.462 bits per heavy atom. The van der Waals surface area contributed by atoms with Crippen LogP contribution >= 0.6 is 0 Å². The molecule has 39 heavy (non-hydrogen) atoms. The van der Waals surface area contributed by atoms with Crippen molar-refractivity contribution >= 4 is 10.4 Å². The van der Waals surface area contributed by atoms with Crippen LogP contribution in [-0.4, -0.2) is 19.6 Å². The second kappa shape index (κ2) is 33.4. The largest absolute Gasteiger partial charge is 1.00 e. The molecule has 0 aromatic heterocycles. The number of rotatable bonds is 32. The minimum absolute atomic E-state index is 0. The van der Waals surface area contributed by atoms with Gasteiger partial charge < -0.3 is 4.55 Å². The van der Waals surface area contributed by atoms with Crippen LogP contribution in [-0.2, 0) is 14.6 Å². The first kappa shape index (κ1) is 42.0. The normalized spacial score (nSPS) is 12.5. The van der Waals surface area contributed by atoms with Crippen molar-refractivity contribution in [3.8, 4) is 0 Å². The topological polar surface area (TPSA) is 66.4 Å². The zero-order chi connectivity index (χ0) is 28.0. The van der Waals surface area contributed by atoms with E-state index < -0.39 is 10.4 Å². The van der Waals surface area contributed by atoms with Gasteiger partial charge in [-0.3, -0.25) is 4.18 Å². The van der Waals surface area contributed by atoms with Crippen LogP contribution in [0.1, 0.15) is 200 Å². The zero-order valence-electron chi connectivity index (χ0n) is 26.8. The maximum absolute atomic E-state index is 10.9. The average molecular weight is 583 g/mol. The summed E-state index contributed by atoms with van der Waals surface area (Å²) in [5, 5.41) is 0. The predicted molar refractivity (Wildman–Crippen MR) is 164 cm³/mol. The molecule has 0 N–H and O–H groups in total. The Hall–Kier alpha value is 0.870. The number of unbranched alkanes of at least 4 members (excludes halogenated alkanes) is 25. The van der Waals surface area contributed by atoms with Gasteiger partial charge in [-0.15, -0.1) is 0 Å². The van der Waals surface area contributed by atoms with Gasteiger partial charge in [0.15, 0.2) is 0 Å². The SMILES string of the molecule is CCCCCCCCCCCCCCCCC(CCCCCCCCCCCCCCC)COS(=O)(=O)[O-].[Na+]. The zero-order valence-corrected chi connectivity index (χ0v) is 29.6. The molecule has 0 saturated heterocycles. The van der Waals surface area contributed by atoms with E-state index in [1.165, 1.54) is 161 Å². The summed E-state index contributed by atoms with van der Waals surface area (Å²) >= 11 is 0. The van der Waals surface area contributed by atoms with Gasteiger partial charge in [-0.1, -0.05) is 187 Å². The van der Waals surface area contributed by atoms with Crippen LogP contribution < -0.4 is 29.6 Å². The number of hydrogen-bond donors (Lipinski definition) is 0. The third-order valence-electron chi connectivity index (χ3n) is 8.13. The van der Waals surface area contributed by atoms with Crippen molar-refractivity contribution in [3.63, 3.8) is 0 Å². The molecule has 230 valence electrons. The van der Waals surface area contributed by atoms with Gasteiger partial charge in [0.2, 0.25) is 10.4 Å². The molecule has 0 rings (SSSR count). The van der Waals surface area contributed by atoms with Gasteiger partial charge in [-0.05, 0) is 18.8 Å². The molecule has 0 bridgehead atoms. The second-order valence-corrected chi connectivity index (χ2v) is 13.0. The minimum atomic E-state index is -4.59. The monoisotopic (exact) mass is 582 g/mol. The molecule has 0 fully saturated rings. The van der Waals surface area contributed by atoms with Crippen molar-refractivity contribution in [2.75, 3.05) is 6.61 Å². The first-order valence-corrected chi connectivity index (χ1v) is 18.4. The summed E-state index contributed by atoms with van der Waals surface area (Å²) in [6, 6.07) is 0. The number of hydrogen-bond acceptors (Lipinski definition) is 4. The van der Waals surface area contributed by atoms with Crippen LogP contribution in [0.25, 0.3) is 0 Å². The molecule has 6 heteroatoms. The third kappa shape index (κ3) is 36.8. The van der Waals surface area contributed by atoms with Crippen molar-refractivity contribution in [1.82, 2.24) is 0 Å². The molecule has 0 aliphatic carbocycles. The van der Waals surface area contributed by atoms with Crippen LogP contribution in [0.4, 0.5) is 0 Å². The molecule has 0 aliphatic heterocycles. The van der Waals surface area contributed by atoms with Gasteiger partial charge in [-0.25, -0.2) is 8.42 Å². The Kier molecular flexibility index (Phi) is 35.9. The Morgan fingerprint density at radius 3 is 0.923 bits per heavy atom. The van der Waals surface area contributed by atoms with E-state index >= 15 is 0 Å². The molecule has 0 saturated carbocycles. The summed E-state index contributed by atoms with van der Waals surface area (Å²) in [4.78, 5) is 0. The van der Waals surface area contributed by atoms with Crippen molar-refractivity contribution in [3.05, 3.63) is 0 Å². The summed E-state index contributed by atoms with van der Waals surface area (Å²) in [5.41, 5.74) is 0. The van der Waals surface area contributed by atoms with E-state index in [9.17, 15) is 13.0 Å². The summed E-state index contributed by atoms with van der Waals surface area (Å²) in [7, 11) is -4.59. The van der Waals surface area contributed by atoms with Gasteiger partial charge in [0, 0.05) is 0 Å². The molecule has 0 amide bonds. The molecule has 1 unspecified atom stereocenters. The predicted octanol–water partition coefficient (Wildman–Crippen LogP) is 8.44. The smallest absolute Gasteiger partial charge is 0.726 e. The fourth-order valence-electron chi connectivity index (χ4n) is 5.57. The molecule has 0 aromatic rings. The third-order valence-corrected chi connectivity index (χ3v) is 8.55. The molecule has 0 aromatic carbocycles. The van der Waals surface area contributed by atoms with Crippen molar-refractivity contribution in [1.29, 1.82) is 0 Å². The van der Waals surface area contributed by atoms with Crippen molar-refractivity contribution in [2.45, 2.75) is 200 Å². The Morgan fingerprint density at radius 2 is 0.692 bits per heavy atom. The van der Waals surface area contributed by atoms with Crippen LogP contribution in [0.3, 0.4) is 0 Å². The van der Waals surface area contributed by atoms with E-state index in [0.717, 1.165) is 25.7 Å². The molecule has 1 atom stereocenters. The fourth-order valence-corrected chi connectivity index (χ4v) is 5.93. The fraction of sp³-hybridized carbons (Fsp3) is 1.00. The van der Waals surface area contributed by atoms with E-state index in [2.05, 4.69) is 18.0 Å². The minimum Gasteiger partial charge on any atom is -0.726 e. The molecule has 0 aliphatic rings. The maximum Gasteiger partial charge on any atom is 1.00 e. The molecular weight excluding hydrogens is 515 g/mol. The second-order valence-electron chi connectivity index (χ2n) is 12.0. The Balaban J connectivity index is 0. The molecule has 0 spiro atoms. The van der Waals surface area contributed by atoms with Crippen LogP contribution in [0.2, 0.25) is 0 Å². The van der Waals surface area contributed by atoms with Gasteiger partial charge >= 0.3 is 29.6 Å². The van der Waals surface area contributed by atoms with Gasteiger partial charge in [0.1, 0.15) is 0 Å². The van der Waals surface area contributed by atoms with E-state index in [-0.39, 0.29) is 42.1 Å². The van der Waals surface area contributed by atoms with Crippen molar-refractivity contribution < 1.29 is 46.7 Å². The summed E-state index contributed by atoms with van der Waals surface area (Å²) in [6.07, 6.45) is 38.0. The van der Waals surface area contributed by atoms with Crippen LogP contribution in [0.5, 0.6) is 0 Å². The first-order chi connectivity index (χ1) is 18.5. The molecule has 0 radical (unpaired) electrons. The van der Waals surface area contributed by atoms with Crippen LogP contribution in [0, 0.1) is 5.92 Å². The van der Waals surface area contributed by atoms with Gasteiger partial charge in [-0.2, -0.15) is 0 Å². The first-order valence-electron chi connectivity index (χ1n) is 17.1. The van der Waals surface area contributed by atoms with Crippen LogP contribution in [0.15, 0.2) is 0 Å². The molecule has 4 nitrogen and oxygen atoms in total. The Bertz CT molecular complexity index is 556. The van der Waals surface area contributed by atoms with E-state index in [4.69, 9.17) is 0 Å². The average Bonchev–Trinajstić information content (AvgIpc) is 2.89. The molecular formula is C33H67NaO4S. The van der Waals surface area contributed by atoms with E-state index in [1.807, 2.05) is 0 Å². The van der Waals surface area contributed by atoms with E-state index in [0.29, 0.717) is 0 Å². The summed E-state index contributed by atoms with van der Waals surface area (Å²) < 4.78 is 37.5. The summed E-state index contributed by atoms with van der Waals surface area (Å²) in [5.74, 6) is 0.198.